The molecule has 2 heterocycles. The van der Waals surface area contributed by atoms with Crippen LogP contribution in [0.15, 0.2) is 0 Å². The minimum atomic E-state index is -3.00. The van der Waals surface area contributed by atoms with Gasteiger partial charge in [0.05, 0.1) is 5.75 Å². The topological polar surface area (TPSA) is 72.0 Å². The van der Waals surface area contributed by atoms with E-state index in [0.717, 1.165) is 50.2 Å². The summed E-state index contributed by atoms with van der Waals surface area (Å²) in [5, 5.41) is 12.9. The minimum Gasteiger partial charge on any atom is -0.317 e. The number of aryl methyl sites for hydroxylation is 1. The van der Waals surface area contributed by atoms with Crippen molar-refractivity contribution in [3.05, 3.63) is 10.0 Å². The van der Waals surface area contributed by atoms with Crippen LogP contribution in [0.3, 0.4) is 0 Å². The van der Waals surface area contributed by atoms with Gasteiger partial charge in [0.1, 0.15) is 15.3 Å². The van der Waals surface area contributed by atoms with Gasteiger partial charge in [0, 0.05) is 6.42 Å². The number of aromatic nitrogens is 2. The molecule has 1 N–H and O–H groups in total. The maximum absolute atomic E-state index is 12.1. The molecule has 1 aromatic heterocycles. The van der Waals surface area contributed by atoms with Gasteiger partial charge in [0.25, 0.3) is 0 Å². The molecule has 1 saturated heterocycles. The Hall–Kier alpha value is -0.530. The van der Waals surface area contributed by atoms with Crippen LogP contribution in [0.5, 0.6) is 0 Å². The maximum atomic E-state index is 12.1. The molecule has 0 bridgehead atoms. The Morgan fingerprint density at radius 3 is 2.90 bits per heavy atom. The highest BCUT2D eigenvalue weighted by Gasteiger charge is 2.32. The van der Waals surface area contributed by atoms with Gasteiger partial charge in [-0.15, -0.1) is 21.5 Å². The van der Waals surface area contributed by atoms with Crippen LogP contribution < -0.4 is 5.32 Å². The molecule has 1 unspecified atom stereocenters. The van der Waals surface area contributed by atoms with Crippen LogP contribution >= 0.6 is 11.3 Å². The summed E-state index contributed by atoms with van der Waals surface area (Å²) in [7, 11) is -3.00. The number of nitrogens with one attached hydrogen (secondary N) is 1. The Bertz CT molecular complexity index is 513. The predicted molar refractivity (Wildman–Crippen MR) is 81.8 cm³/mol. The lowest BCUT2D eigenvalue weighted by atomic mass is 10.2. The average Bonchev–Trinajstić information content (AvgIpc) is 2.86. The zero-order valence-corrected chi connectivity index (χ0v) is 13.6. The highest BCUT2D eigenvalue weighted by molar-refractivity contribution is 7.91. The monoisotopic (exact) mass is 317 g/mol. The zero-order valence-electron chi connectivity index (χ0n) is 12.0. The van der Waals surface area contributed by atoms with Crippen molar-refractivity contribution in [2.24, 2.45) is 0 Å². The Balaban J connectivity index is 1.88. The molecule has 1 aliphatic heterocycles. The number of rotatable bonds is 7. The second-order valence-electron chi connectivity index (χ2n) is 5.24. The molecule has 0 saturated carbocycles. The van der Waals surface area contributed by atoms with Gasteiger partial charge in [-0.3, -0.25) is 0 Å². The summed E-state index contributed by atoms with van der Waals surface area (Å²) in [6.45, 7) is 4.17. The van der Waals surface area contributed by atoms with Crippen molar-refractivity contribution in [1.29, 1.82) is 0 Å². The molecule has 1 fully saturated rings. The normalized spacial score (nSPS) is 21.9. The molecule has 1 aromatic rings. The summed E-state index contributed by atoms with van der Waals surface area (Å²) in [4.78, 5) is 0. The summed E-state index contributed by atoms with van der Waals surface area (Å²) in [6, 6.07) is 0. The van der Waals surface area contributed by atoms with Crippen LogP contribution in [0.1, 0.15) is 54.3 Å². The second-order valence-corrected chi connectivity index (χ2v) is 8.64. The standard InChI is InChI=1S/C13H23N3O2S2/c1-2-8-14-9-5-7-12-15-16-13(19-12)11-6-3-4-10-20(11,17)18/h11,14H,2-10H2,1H3. The van der Waals surface area contributed by atoms with Gasteiger partial charge in [-0.25, -0.2) is 8.42 Å². The fourth-order valence-electron chi connectivity index (χ4n) is 2.40. The van der Waals surface area contributed by atoms with Crippen molar-refractivity contribution in [3.8, 4) is 0 Å². The van der Waals surface area contributed by atoms with Gasteiger partial charge in [0.15, 0.2) is 9.84 Å². The third-order valence-electron chi connectivity index (χ3n) is 3.51. The Labute approximate surface area is 125 Å². The lowest BCUT2D eigenvalue weighted by molar-refractivity contribution is 0.544. The molecule has 0 spiro atoms. The summed E-state index contributed by atoms with van der Waals surface area (Å²) in [6.07, 6.45) is 5.50. The molecule has 0 aromatic carbocycles. The van der Waals surface area contributed by atoms with Gasteiger partial charge in [0.2, 0.25) is 0 Å². The van der Waals surface area contributed by atoms with Crippen LogP contribution in [-0.2, 0) is 16.3 Å². The second kappa shape index (κ2) is 7.47. The van der Waals surface area contributed by atoms with Crippen LogP contribution in [0.2, 0.25) is 0 Å². The third kappa shape index (κ3) is 4.23. The van der Waals surface area contributed by atoms with Crippen LogP contribution in [0, 0.1) is 0 Å². The first kappa shape index (κ1) is 15.9. The first-order valence-electron chi connectivity index (χ1n) is 7.38. The molecule has 0 aliphatic carbocycles. The fraction of sp³-hybridized carbons (Fsp3) is 0.846. The van der Waals surface area contributed by atoms with Gasteiger partial charge in [-0.05, 0) is 38.8 Å². The first-order valence-corrected chi connectivity index (χ1v) is 9.91. The van der Waals surface area contributed by atoms with Crippen molar-refractivity contribution >= 4 is 21.2 Å². The van der Waals surface area contributed by atoms with E-state index in [1.807, 2.05) is 0 Å². The number of hydrogen-bond acceptors (Lipinski definition) is 6. The van der Waals surface area contributed by atoms with Gasteiger partial charge >= 0.3 is 0 Å². The van der Waals surface area contributed by atoms with Crippen molar-refractivity contribution in [1.82, 2.24) is 15.5 Å². The summed E-state index contributed by atoms with van der Waals surface area (Å²) < 4.78 is 24.1. The number of sulfone groups is 1. The van der Waals surface area contributed by atoms with E-state index in [1.165, 1.54) is 11.3 Å². The quantitative estimate of drug-likeness (QED) is 0.780. The Kier molecular flexibility index (Phi) is 5.92. The average molecular weight is 317 g/mol. The summed E-state index contributed by atoms with van der Waals surface area (Å²) >= 11 is 1.48. The maximum Gasteiger partial charge on any atom is 0.159 e. The molecule has 2 rings (SSSR count). The highest BCUT2D eigenvalue weighted by Crippen LogP contribution is 2.34. The first-order chi connectivity index (χ1) is 9.63. The largest absolute Gasteiger partial charge is 0.317 e. The zero-order chi connectivity index (χ0) is 14.4. The molecule has 0 radical (unpaired) electrons. The van der Waals surface area contributed by atoms with Crippen molar-refractivity contribution < 1.29 is 8.42 Å². The lowest BCUT2D eigenvalue weighted by Gasteiger charge is -2.19. The molecule has 1 aliphatic rings. The van der Waals surface area contributed by atoms with Gasteiger partial charge in [-0.1, -0.05) is 13.3 Å². The number of nitrogens with zero attached hydrogens (tertiary/aromatic N) is 2. The molecule has 114 valence electrons. The van der Waals surface area contributed by atoms with E-state index in [0.29, 0.717) is 17.2 Å². The highest BCUT2D eigenvalue weighted by atomic mass is 32.2. The molecular formula is C13H23N3O2S2. The van der Waals surface area contributed by atoms with Crippen molar-refractivity contribution in [3.63, 3.8) is 0 Å². The summed E-state index contributed by atoms with van der Waals surface area (Å²) in [5.74, 6) is 0.299. The van der Waals surface area contributed by atoms with E-state index in [-0.39, 0.29) is 0 Å². The van der Waals surface area contributed by atoms with Gasteiger partial charge in [-0.2, -0.15) is 0 Å². The molecule has 1 atom stereocenters. The van der Waals surface area contributed by atoms with E-state index in [1.54, 1.807) is 0 Å². The molecule has 5 nitrogen and oxygen atoms in total. The van der Waals surface area contributed by atoms with Crippen molar-refractivity contribution in [2.45, 2.75) is 50.7 Å². The predicted octanol–water partition coefficient (Wildman–Crippen LogP) is 2.11. The Morgan fingerprint density at radius 2 is 2.15 bits per heavy atom. The van der Waals surface area contributed by atoms with Crippen LogP contribution in [0.4, 0.5) is 0 Å². The minimum absolute atomic E-state index is 0.299. The van der Waals surface area contributed by atoms with E-state index >= 15 is 0 Å². The van der Waals surface area contributed by atoms with E-state index in [4.69, 9.17) is 0 Å². The Morgan fingerprint density at radius 1 is 1.30 bits per heavy atom. The summed E-state index contributed by atoms with van der Waals surface area (Å²) in [5.41, 5.74) is 0. The molecule has 20 heavy (non-hydrogen) atoms. The molecule has 7 heteroatoms. The van der Waals surface area contributed by atoms with Crippen molar-refractivity contribution in [2.75, 3.05) is 18.8 Å². The molecular weight excluding hydrogens is 294 g/mol. The van der Waals surface area contributed by atoms with Crippen LogP contribution in [-0.4, -0.2) is 37.5 Å². The molecule has 0 amide bonds. The van der Waals surface area contributed by atoms with E-state index < -0.39 is 15.1 Å². The third-order valence-corrected chi connectivity index (χ3v) is 6.94. The van der Waals surface area contributed by atoms with Gasteiger partial charge < -0.3 is 5.32 Å². The smallest absolute Gasteiger partial charge is 0.159 e. The lowest BCUT2D eigenvalue weighted by Crippen LogP contribution is -2.21. The SMILES string of the molecule is CCCNCCCc1nnc(C2CCCCS2(=O)=O)s1. The number of hydrogen-bond donors (Lipinski definition) is 1. The fourth-order valence-corrected chi connectivity index (χ4v) is 5.65. The van der Waals surface area contributed by atoms with E-state index in [2.05, 4.69) is 22.4 Å². The van der Waals surface area contributed by atoms with Crippen LogP contribution in [0.25, 0.3) is 0 Å². The van der Waals surface area contributed by atoms with E-state index in [9.17, 15) is 8.42 Å².